The summed E-state index contributed by atoms with van der Waals surface area (Å²) < 4.78 is 16.5. The Bertz CT molecular complexity index is 1190. The molecule has 32 heavy (non-hydrogen) atoms. The second kappa shape index (κ2) is 7.90. The topological polar surface area (TPSA) is 56.8 Å². The van der Waals surface area contributed by atoms with Crippen LogP contribution in [0, 0.1) is 0 Å². The van der Waals surface area contributed by atoms with Crippen LogP contribution in [0.1, 0.15) is 45.2 Å². The van der Waals surface area contributed by atoms with E-state index >= 15 is 0 Å². The van der Waals surface area contributed by atoms with Crippen LogP contribution >= 0.6 is 0 Å². The highest BCUT2D eigenvalue weighted by Gasteiger charge is 2.51. The van der Waals surface area contributed by atoms with Crippen molar-refractivity contribution in [1.29, 1.82) is 0 Å². The number of benzene rings is 3. The van der Waals surface area contributed by atoms with Crippen LogP contribution in [-0.4, -0.2) is 19.8 Å². The molecule has 166 valence electrons. The maximum atomic E-state index is 13.3. The molecule has 0 saturated heterocycles. The molecule has 1 heterocycles. The molecule has 5 rings (SSSR count). The molecule has 1 aliphatic carbocycles. The lowest BCUT2D eigenvalue weighted by atomic mass is 9.94. The fraction of sp³-hybridized carbons (Fsp3) is 0.296. The molecule has 3 aromatic rings. The summed E-state index contributed by atoms with van der Waals surface area (Å²) in [5.74, 6) is 2.65. The molecule has 5 nitrogen and oxygen atoms in total. The quantitative estimate of drug-likeness (QED) is 0.510. The number of hydrogen-bond donors (Lipinski definition) is 1. The minimum absolute atomic E-state index is 0. The first-order valence-electron chi connectivity index (χ1n) is 11.0. The minimum atomic E-state index is -0.515. The number of amides is 1. The van der Waals surface area contributed by atoms with Crippen LogP contribution in [0.4, 0.5) is 5.69 Å². The van der Waals surface area contributed by atoms with Crippen LogP contribution in [0.5, 0.6) is 17.2 Å². The number of ether oxygens (including phenoxy) is 3. The summed E-state index contributed by atoms with van der Waals surface area (Å²) in [5, 5.41) is 3.14. The number of carbonyl (C=O) groups is 1. The summed E-state index contributed by atoms with van der Waals surface area (Å²) in [7, 11) is 1.67. The van der Waals surface area contributed by atoms with Gasteiger partial charge in [-0.1, -0.05) is 44.2 Å². The molecule has 0 aromatic heterocycles. The number of anilines is 1. The number of carbonyl (C=O) groups excluding carboxylic acids is 1. The number of nitrogens with one attached hydrogen (secondary N) is 1. The van der Waals surface area contributed by atoms with Crippen LogP contribution in [0.15, 0.2) is 60.7 Å². The van der Waals surface area contributed by atoms with Gasteiger partial charge in [0.15, 0.2) is 11.5 Å². The molecular weight excluding hydrogens is 402 g/mol. The molecular formula is C27H29NO4. The van der Waals surface area contributed by atoms with Gasteiger partial charge in [0.1, 0.15) is 5.75 Å². The zero-order valence-electron chi connectivity index (χ0n) is 18.6. The molecule has 0 atom stereocenters. The summed E-state index contributed by atoms with van der Waals surface area (Å²) in [4.78, 5) is 13.3. The SMILES string of the molecule is COc1ccc(NC(=O)C2(c3ccc4c(c3)OCO4)CC2)cc1-c1cccc(C(C)C)c1.[HH]. The van der Waals surface area contributed by atoms with Crippen LogP contribution in [0.2, 0.25) is 0 Å². The van der Waals surface area contributed by atoms with Gasteiger partial charge in [-0.2, -0.15) is 0 Å². The summed E-state index contributed by atoms with van der Waals surface area (Å²) >= 11 is 0. The average molecular weight is 432 g/mol. The van der Waals surface area contributed by atoms with Crippen molar-refractivity contribution < 1.29 is 20.4 Å². The maximum Gasteiger partial charge on any atom is 0.235 e. The Kier molecular flexibility index (Phi) is 5.04. The molecule has 1 amide bonds. The molecule has 2 aliphatic rings. The second-order valence-corrected chi connectivity index (χ2v) is 8.80. The Labute approximate surface area is 189 Å². The molecule has 0 spiro atoms. The predicted octanol–water partition coefficient (Wildman–Crippen LogP) is 6.13. The van der Waals surface area contributed by atoms with Gasteiger partial charge in [0.2, 0.25) is 12.7 Å². The first kappa shape index (κ1) is 20.4. The van der Waals surface area contributed by atoms with Crippen LogP contribution in [-0.2, 0) is 10.2 Å². The number of methoxy groups -OCH3 is 1. The normalized spacial score (nSPS) is 15.5. The van der Waals surface area contributed by atoms with Gasteiger partial charge in [-0.25, -0.2) is 0 Å². The highest BCUT2D eigenvalue weighted by molar-refractivity contribution is 6.02. The molecule has 1 aliphatic heterocycles. The monoisotopic (exact) mass is 431 g/mol. The molecule has 3 aromatic carbocycles. The summed E-state index contributed by atoms with van der Waals surface area (Å²) in [6.45, 7) is 4.58. The zero-order chi connectivity index (χ0) is 22.3. The summed E-state index contributed by atoms with van der Waals surface area (Å²) in [6.07, 6.45) is 1.63. The van der Waals surface area contributed by atoms with E-state index in [-0.39, 0.29) is 14.1 Å². The van der Waals surface area contributed by atoms with Crippen molar-refractivity contribution >= 4 is 11.6 Å². The van der Waals surface area contributed by atoms with E-state index < -0.39 is 5.41 Å². The number of fused-ring (bicyclic) bond motifs is 1. The average Bonchev–Trinajstić information content (AvgIpc) is 3.50. The van der Waals surface area contributed by atoms with Crippen molar-refractivity contribution in [3.8, 4) is 28.4 Å². The Morgan fingerprint density at radius 1 is 1.03 bits per heavy atom. The first-order chi connectivity index (χ1) is 15.5. The van der Waals surface area contributed by atoms with Gasteiger partial charge in [-0.05, 0) is 65.8 Å². The van der Waals surface area contributed by atoms with Crippen LogP contribution < -0.4 is 19.5 Å². The van der Waals surface area contributed by atoms with E-state index in [0.29, 0.717) is 11.7 Å². The van der Waals surface area contributed by atoms with Crippen molar-refractivity contribution in [2.45, 2.75) is 38.0 Å². The molecule has 1 fully saturated rings. The van der Waals surface area contributed by atoms with E-state index in [2.05, 4.69) is 43.4 Å². The Hall–Kier alpha value is -3.47. The van der Waals surface area contributed by atoms with Gasteiger partial charge in [0, 0.05) is 12.7 Å². The van der Waals surface area contributed by atoms with E-state index in [9.17, 15) is 4.79 Å². The van der Waals surface area contributed by atoms with Gasteiger partial charge >= 0.3 is 0 Å². The first-order valence-corrected chi connectivity index (χ1v) is 11.0. The lowest BCUT2D eigenvalue weighted by Crippen LogP contribution is -2.27. The third-order valence-corrected chi connectivity index (χ3v) is 6.43. The van der Waals surface area contributed by atoms with Gasteiger partial charge in [-0.15, -0.1) is 0 Å². The zero-order valence-corrected chi connectivity index (χ0v) is 18.6. The highest BCUT2D eigenvalue weighted by atomic mass is 16.7. The van der Waals surface area contributed by atoms with Crippen molar-refractivity contribution in [3.05, 3.63) is 71.8 Å². The van der Waals surface area contributed by atoms with Gasteiger partial charge in [0.05, 0.1) is 12.5 Å². The van der Waals surface area contributed by atoms with Crippen LogP contribution in [0.25, 0.3) is 11.1 Å². The predicted molar refractivity (Wildman–Crippen MR) is 127 cm³/mol. The summed E-state index contributed by atoms with van der Waals surface area (Å²) in [5.41, 5.74) is 4.50. The van der Waals surface area contributed by atoms with E-state index in [1.807, 2.05) is 36.4 Å². The summed E-state index contributed by atoms with van der Waals surface area (Å²) in [6, 6.07) is 20.0. The van der Waals surface area contributed by atoms with Crippen LogP contribution in [0.3, 0.4) is 0 Å². The van der Waals surface area contributed by atoms with Crippen molar-refractivity contribution in [3.63, 3.8) is 0 Å². The Morgan fingerprint density at radius 2 is 1.84 bits per heavy atom. The highest BCUT2D eigenvalue weighted by Crippen LogP contribution is 2.51. The van der Waals surface area contributed by atoms with Gasteiger partial charge < -0.3 is 19.5 Å². The largest absolute Gasteiger partial charge is 0.496 e. The lowest BCUT2D eigenvalue weighted by molar-refractivity contribution is -0.118. The molecule has 0 bridgehead atoms. The number of hydrogen-bond acceptors (Lipinski definition) is 4. The molecule has 1 saturated carbocycles. The fourth-order valence-electron chi connectivity index (χ4n) is 4.29. The van der Waals surface area contributed by atoms with Gasteiger partial charge in [0.25, 0.3) is 0 Å². The number of rotatable bonds is 6. The standard InChI is InChI=1S/C27H27NO4.H2/c1-17(2)18-5-4-6-19(13-18)22-15-21(8-10-23(22)30-3)28-26(29)27(11-12-27)20-7-9-24-25(14-20)32-16-31-24;/h4-10,13-15,17H,11-12,16H2,1-3H3,(H,28,29);1H. The van der Waals surface area contributed by atoms with Crippen molar-refractivity contribution in [1.82, 2.24) is 0 Å². The Balaban J connectivity index is 0.00000259. The van der Waals surface area contributed by atoms with Crippen molar-refractivity contribution in [2.75, 3.05) is 19.2 Å². The fourth-order valence-corrected chi connectivity index (χ4v) is 4.29. The van der Waals surface area contributed by atoms with E-state index in [4.69, 9.17) is 14.2 Å². The van der Waals surface area contributed by atoms with E-state index in [0.717, 1.165) is 46.7 Å². The molecule has 5 heteroatoms. The van der Waals surface area contributed by atoms with Gasteiger partial charge in [-0.3, -0.25) is 4.79 Å². The van der Waals surface area contributed by atoms with Crippen molar-refractivity contribution in [2.24, 2.45) is 0 Å². The third kappa shape index (κ3) is 3.58. The minimum Gasteiger partial charge on any atom is -0.496 e. The smallest absolute Gasteiger partial charge is 0.235 e. The molecule has 1 N–H and O–H groups in total. The Morgan fingerprint density at radius 3 is 2.59 bits per heavy atom. The maximum absolute atomic E-state index is 13.3. The molecule has 0 unspecified atom stereocenters. The van der Waals surface area contributed by atoms with E-state index in [1.54, 1.807) is 7.11 Å². The lowest BCUT2D eigenvalue weighted by Gasteiger charge is -2.18. The third-order valence-electron chi connectivity index (χ3n) is 6.43. The molecule has 0 radical (unpaired) electrons. The van der Waals surface area contributed by atoms with E-state index in [1.165, 1.54) is 5.56 Å². The second-order valence-electron chi connectivity index (χ2n) is 8.80.